The maximum absolute atomic E-state index is 12.7. The molecule has 122 valence electrons. The lowest BCUT2D eigenvalue weighted by molar-refractivity contribution is -0.142. The Hall–Kier alpha value is -2.57. The van der Waals surface area contributed by atoms with E-state index >= 15 is 0 Å². The number of urea groups is 1. The molecule has 1 aliphatic carbocycles. The third-order valence-electron chi connectivity index (χ3n) is 4.80. The fourth-order valence-corrected chi connectivity index (χ4v) is 3.84. The fourth-order valence-electron chi connectivity index (χ4n) is 3.84. The molecule has 3 amide bonds. The topological polar surface area (TPSA) is 113 Å². The van der Waals surface area contributed by atoms with E-state index in [4.69, 9.17) is 5.73 Å². The number of nitrogens with one attached hydrogen (secondary N) is 1. The molecule has 0 aromatic heterocycles. The van der Waals surface area contributed by atoms with Crippen molar-refractivity contribution in [3.05, 3.63) is 29.8 Å². The molecular weight excluding hydrogens is 298 g/mol. The molecule has 3 rings (SSSR count). The summed E-state index contributed by atoms with van der Waals surface area (Å²) in [7, 11) is 0. The van der Waals surface area contributed by atoms with Crippen LogP contribution in [0.4, 0.5) is 10.5 Å². The van der Waals surface area contributed by atoms with Crippen LogP contribution in [0.15, 0.2) is 24.3 Å². The van der Waals surface area contributed by atoms with Crippen molar-refractivity contribution in [1.82, 2.24) is 4.90 Å². The minimum atomic E-state index is -0.931. The summed E-state index contributed by atoms with van der Waals surface area (Å²) in [6.45, 7) is 0.502. The van der Waals surface area contributed by atoms with Gasteiger partial charge in [-0.15, -0.1) is 0 Å². The number of carboxylic acids is 1. The van der Waals surface area contributed by atoms with Gasteiger partial charge in [-0.25, -0.2) is 9.59 Å². The average Bonchev–Trinajstić information content (AvgIpc) is 3.06. The van der Waals surface area contributed by atoms with Crippen molar-refractivity contribution in [1.29, 1.82) is 0 Å². The second-order valence-corrected chi connectivity index (χ2v) is 6.16. The Morgan fingerprint density at radius 2 is 1.87 bits per heavy atom. The van der Waals surface area contributed by atoms with E-state index in [9.17, 15) is 19.5 Å². The summed E-state index contributed by atoms with van der Waals surface area (Å²) in [6, 6.07) is 4.87. The van der Waals surface area contributed by atoms with E-state index in [0.29, 0.717) is 17.8 Å². The van der Waals surface area contributed by atoms with Gasteiger partial charge in [0, 0.05) is 17.8 Å². The van der Waals surface area contributed by atoms with Gasteiger partial charge in [-0.05, 0) is 48.9 Å². The zero-order chi connectivity index (χ0) is 16.6. The Labute approximate surface area is 133 Å². The van der Waals surface area contributed by atoms with Crippen molar-refractivity contribution in [2.75, 3.05) is 11.9 Å². The van der Waals surface area contributed by atoms with E-state index in [1.807, 2.05) is 0 Å². The standard InChI is InChI=1S/C16H19N3O4/c17-16(23)18-11-6-4-9(5-7-11)14(20)19-8-10-2-1-3-12(10)13(19)15(21)22/h4-7,10,12-13H,1-3,8H2,(H,21,22)(H3,17,18,23). The van der Waals surface area contributed by atoms with E-state index in [0.717, 1.165) is 19.3 Å². The third-order valence-corrected chi connectivity index (χ3v) is 4.80. The lowest BCUT2D eigenvalue weighted by Gasteiger charge is -2.24. The first-order chi connectivity index (χ1) is 11.0. The summed E-state index contributed by atoms with van der Waals surface area (Å²) in [4.78, 5) is 36.6. The van der Waals surface area contributed by atoms with Gasteiger partial charge in [-0.1, -0.05) is 6.42 Å². The van der Waals surface area contributed by atoms with Crippen LogP contribution in [0.25, 0.3) is 0 Å². The predicted octanol–water partition coefficient (Wildman–Crippen LogP) is 1.50. The number of fused-ring (bicyclic) bond motifs is 1. The number of anilines is 1. The van der Waals surface area contributed by atoms with Crippen molar-refractivity contribution in [2.24, 2.45) is 17.6 Å². The number of carbonyl (C=O) groups excluding carboxylic acids is 2. The molecule has 2 fully saturated rings. The molecule has 1 aromatic rings. The molecule has 7 heteroatoms. The largest absolute Gasteiger partial charge is 0.480 e. The number of aliphatic carboxylic acids is 1. The zero-order valence-corrected chi connectivity index (χ0v) is 12.6. The number of nitrogens with two attached hydrogens (primary N) is 1. The summed E-state index contributed by atoms with van der Waals surface area (Å²) in [5.74, 6) is -0.861. The molecule has 1 aliphatic heterocycles. The maximum Gasteiger partial charge on any atom is 0.326 e. The minimum absolute atomic E-state index is 0.0623. The highest BCUT2D eigenvalue weighted by Crippen LogP contribution is 2.42. The average molecular weight is 317 g/mol. The number of primary amides is 1. The molecule has 2 aliphatic rings. The number of carboxylic acid groups (broad SMARTS) is 1. The molecule has 3 atom stereocenters. The molecule has 0 spiro atoms. The normalized spacial score (nSPS) is 25.9. The Morgan fingerprint density at radius 1 is 1.17 bits per heavy atom. The van der Waals surface area contributed by atoms with Gasteiger partial charge in [0.05, 0.1) is 0 Å². The van der Waals surface area contributed by atoms with Crippen LogP contribution in [0.2, 0.25) is 0 Å². The van der Waals surface area contributed by atoms with Crippen LogP contribution in [0.5, 0.6) is 0 Å². The molecule has 3 unspecified atom stereocenters. The van der Waals surface area contributed by atoms with Gasteiger partial charge in [-0.3, -0.25) is 4.79 Å². The van der Waals surface area contributed by atoms with Crippen LogP contribution < -0.4 is 11.1 Å². The molecule has 1 aromatic carbocycles. The van der Waals surface area contributed by atoms with Gasteiger partial charge in [0.25, 0.3) is 5.91 Å². The van der Waals surface area contributed by atoms with Gasteiger partial charge >= 0.3 is 12.0 Å². The van der Waals surface area contributed by atoms with Gasteiger partial charge in [-0.2, -0.15) is 0 Å². The lowest BCUT2D eigenvalue weighted by Crippen LogP contribution is -2.43. The second-order valence-electron chi connectivity index (χ2n) is 6.16. The Morgan fingerprint density at radius 3 is 2.48 bits per heavy atom. The smallest absolute Gasteiger partial charge is 0.326 e. The van der Waals surface area contributed by atoms with Crippen LogP contribution in [0.3, 0.4) is 0 Å². The van der Waals surface area contributed by atoms with Gasteiger partial charge in [0.1, 0.15) is 6.04 Å². The highest BCUT2D eigenvalue weighted by molar-refractivity contribution is 5.98. The molecule has 7 nitrogen and oxygen atoms in total. The fraction of sp³-hybridized carbons (Fsp3) is 0.438. The number of nitrogens with zero attached hydrogens (tertiary/aromatic N) is 1. The van der Waals surface area contributed by atoms with Crippen molar-refractivity contribution in [3.8, 4) is 0 Å². The summed E-state index contributed by atoms with van der Waals surface area (Å²) >= 11 is 0. The molecule has 1 saturated heterocycles. The zero-order valence-electron chi connectivity index (χ0n) is 12.6. The molecule has 0 bridgehead atoms. The highest BCUT2D eigenvalue weighted by Gasteiger charge is 2.49. The van der Waals surface area contributed by atoms with Crippen LogP contribution in [0, 0.1) is 11.8 Å². The first-order valence-corrected chi connectivity index (χ1v) is 7.67. The van der Waals surface area contributed by atoms with E-state index in [1.54, 1.807) is 24.3 Å². The summed E-state index contributed by atoms with van der Waals surface area (Å²) in [6.07, 6.45) is 2.89. The van der Waals surface area contributed by atoms with Gasteiger partial charge < -0.3 is 21.1 Å². The monoisotopic (exact) mass is 317 g/mol. The molecule has 1 saturated carbocycles. The van der Waals surface area contributed by atoms with Gasteiger partial charge in [0.2, 0.25) is 0 Å². The molecular formula is C16H19N3O4. The van der Waals surface area contributed by atoms with E-state index in [2.05, 4.69) is 5.32 Å². The number of amides is 3. The van der Waals surface area contributed by atoms with Crippen LogP contribution in [0.1, 0.15) is 29.6 Å². The predicted molar refractivity (Wildman–Crippen MR) is 82.9 cm³/mol. The van der Waals surface area contributed by atoms with Crippen molar-refractivity contribution in [2.45, 2.75) is 25.3 Å². The Kier molecular flexibility index (Phi) is 3.94. The SMILES string of the molecule is NC(=O)Nc1ccc(C(=O)N2CC3CCCC3C2C(=O)O)cc1. The summed E-state index contributed by atoms with van der Waals surface area (Å²) < 4.78 is 0. The van der Waals surface area contributed by atoms with Crippen LogP contribution in [-0.4, -0.2) is 40.5 Å². The molecule has 0 radical (unpaired) electrons. The molecule has 1 heterocycles. The number of hydrogen-bond donors (Lipinski definition) is 3. The van der Waals surface area contributed by atoms with E-state index in [-0.39, 0.29) is 17.7 Å². The number of hydrogen-bond acceptors (Lipinski definition) is 3. The lowest BCUT2D eigenvalue weighted by atomic mass is 9.94. The molecule has 23 heavy (non-hydrogen) atoms. The summed E-state index contributed by atoms with van der Waals surface area (Å²) in [5.41, 5.74) is 5.93. The van der Waals surface area contributed by atoms with Crippen LogP contribution in [-0.2, 0) is 4.79 Å². The minimum Gasteiger partial charge on any atom is -0.480 e. The number of rotatable bonds is 3. The van der Waals surface area contributed by atoms with Crippen LogP contribution >= 0.6 is 0 Å². The van der Waals surface area contributed by atoms with Crippen molar-refractivity contribution in [3.63, 3.8) is 0 Å². The summed E-state index contributed by atoms with van der Waals surface area (Å²) in [5, 5.41) is 11.9. The van der Waals surface area contributed by atoms with E-state index < -0.39 is 18.0 Å². The van der Waals surface area contributed by atoms with Gasteiger partial charge in [0.15, 0.2) is 0 Å². The number of benzene rings is 1. The number of likely N-dealkylation sites (tertiary alicyclic amines) is 1. The number of carbonyl (C=O) groups is 3. The van der Waals surface area contributed by atoms with E-state index in [1.165, 1.54) is 4.90 Å². The first-order valence-electron chi connectivity index (χ1n) is 7.67. The second kappa shape index (κ2) is 5.91. The van der Waals surface area contributed by atoms with Crippen molar-refractivity contribution >= 4 is 23.6 Å². The third kappa shape index (κ3) is 2.86. The Balaban J connectivity index is 1.79. The Bertz CT molecular complexity index is 643. The maximum atomic E-state index is 12.7. The molecule has 4 N–H and O–H groups in total. The highest BCUT2D eigenvalue weighted by atomic mass is 16.4. The van der Waals surface area contributed by atoms with Crippen molar-refractivity contribution < 1.29 is 19.5 Å². The first kappa shape index (κ1) is 15.3. The quantitative estimate of drug-likeness (QED) is 0.784.